The molecule has 0 aromatic heterocycles. The van der Waals surface area contributed by atoms with Crippen LogP contribution in [0.4, 0.5) is 5.69 Å². The van der Waals surface area contributed by atoms with Crippen molar-refractivity contribution in [2.45, 2.75) is 25.3 Å². The third-order valence-corrected chi connectivity index (χ3v) is 4.99. The summed E-state index contributed by atoms with van der Waals surface area (Å²) in [5, 5.41) is 9.89. The molecule has 1 heterocycles. The average Bonchev–Trinajstić information content (AvgIpc) is 2.92. The molecule has 1 atom stereocenters. The van der Waals surface area contributed by atoms with Crippen molar-refractivity contribution >= 4 is 5.69 Å². The molecule has 1 aromatic rings. The third-order valence-electron chi connectivity index (χ3n) is 4.99. The number of para-hydroxylation sites is 1. The number of hydrogen-bond donors (Lipinski definition) is 1. The van der Waals surface area contributed by atoms with Crippen LogP contribution in [0.2, 0.25) is 0 Å². The molecule has 1 unspecified atom stereocenters. The average molecular weight is 345 g/mol. The van der Waals surface area contributed by atoms with Crippen LogP contribution in [-0.2, 0) is 0 Å². The molecule has 0 radical (unpaired) electrons. The van der Waals surface area contributed by atoms with Gasteiger partial charge in [-0.25, -0.2) is 0 Å². The predicted octanol–water partition coefficient (Wildman–Crippen LogP) is 5.13. The first-order chi connectivity index (χ1) is 12.8. The van der Waals surface area contributed by atoms with Crippen LogP contribution in [0.3, 0.4) is 0 Å². The summed E-state index contributed by atoms with van der Waals surface area (Å²) in [4.78, 5) is 2.35. The Morgan fingerprint density at radius 2 is 2.00 bits per heavy atom. The molecule has 1 aromatic carbocycles. The van der Waals surface area contributed by atoms with E-state index in [0.717, 1.165) is 31.4 Å². The fourth-order valence-corrected chi connectivity index (χ4v) is 3.40. The Labute approximate surface area is 156 Å². The summed E-state index contributed by atoms with van der Waals surface area (Å²) in [6, 6.07) is 10.7. The molecule has 1 saturated heterocycles. The molecular weight excluding hydrogens is 318 g/mol. The quantitative estimate of drug-likeness (QED) is 0.693. The van der Waals surface area contributed by atoms with E-state index in [4.69, 9.17) is 0 Å². The molecule has 0 saturated carbocycles. The second-order valence-corrected chi connectivity index (χ2v) is 6.70. The van der Waals surface area contributed by atoms with Crippen LogP contribution in [0.25, 0.3) is 0 Å². The van der Waals surface area contributed by atoms with Crippen LogP contribution in [0, 0.1) is 0 Å². The zero-order chi connectivity index (χ0) is 18.2. The lowest BCUT2D eigenvalue weighted by atomic mass is 9.93. The van der Waals surface area contributed by atoms with E-state index in [1.54, 1.807) is 0 Å². The Morgan fingerprint density at radius 3 is 2.69 bits per heavy atom. The number of allylic oxidation sites excluding steroid dienone is 10. The molecule has 134 valence electrons. The second-order valence-electron chi connectivity index (χ2n) is 6.70. The maximum absolute atomic E-state index is 9.89. The van der Waals surface area contributed by atoms with Crippen molar-refractivity contribution in [3.05, 3.63) is 102 Å². The Kier molecular flexibility index (Phi) is 6.45. The number of nitrogens with zero attached hydrogens (tertiary/aromatic N) is 1. The van der Waals surface area contributed by atoms with E-state index in [1.165, 1.54) is 16.8 Å². The summed E-state index contributed by atoms with van der Waals surface area (Å²) in [6.07, 6.45) is 19.6. The van der Waals surface area contributed by atoms with Gasteiger partial charge in [0.15, 0.2) is 0 Å². The van der Waals surface area contributed by atoms with Gasteiger partial charge in [0.2, 0.25) is 0 Å². The minimum absolute atomic E-state index is 0.0864. The minimum atomic E-state index is 0.0864. The van der Waals surface area contributed by atoms with Crippen molar-refractivity contribution in [2.24, 2.45) is 0 Å². The van der Waals surface area contributed by atoms with Crippen LogP contribution in [0.5, 0.6) is 0 Å². The van der Waals surface area contributed by atoms with Crippen molar-refractivity contribution in [3.63, 3.8) is 0 Å². The summed E-state index contributed by atoms with van der Waals surface area (Å²) < 4.78 is 0. The smallest absolute Gasteiger partial charge is 0.0664 e. The lowest BCUT2D eigenvalue weighted by Gasteiger charge is -2.44. The molecule has 2 aliphatic rings. The Hall–Kier alpha value is -2.58. The maximum Gasteiger partial charge on any atom is 0.0664 e. The van der Waals surface area contributed by atoms with E-state index in [-0.39, 0.29) is 12.6 Å². The van der Waals surface area contributed by atoms with Gasteiger partial charge in [0.25, 0.3) is 0 Å². The van der Waals surface area contributed by atoms with Crippen molar-refractivity contribution in [1.29, 1.82) is 0 Å². The van der Waals surface area contributed by atoms with Gasteiger partial charge < -0.3 is 10.0 Å². The SMILES string of the molecule is C=C/C(=C\C=C(/CO)C1CCN1c1ccccc1)CC1=CC=CC=CC1. The summed E-state index contributed by atoms with van der Waals surface area (Å²) in [5.41, 5.74) is 4.83. The number of benzene rings is 1. The molecule has 1 aliphatic heterocycles. The zero-order valence-electron chi connectivity index (χ0n) is 15.2. The topological polar surface area (TPSA) is 23.5 Å². The second kappa shape index (κ2) is 9.21. The van der Waals surface area contributed by atoms with Crippen LogP contribution in [0.1, 0.15) is 19.3 Å². The molecule has 1 N–H and O–H groups in total. The molecule has 1 aliphatic carbocycles. The van der Waals surface area contributed by atoms with Gasteiger partial charge in [-0.15, -0.1) is 0 Å². The minimum Gasteiger partial charge on any atom is -0.392 e. The molecule has 3 rings (SSSR count). The highest BCUT2D eigenvalue weighted by atomic mass is 16.3. The van der Waals surface area contributed by atoms with Crippen molar-refractivity contribution < 1.29 is 5.11 Å². The van der Waals surface area contributed by atoms with Crippen molar-refractivity contribution in [2.75, 3.05) is 18.1 Å². The summed E-state index contributed by atoms with van der Waals surface area (Å²) in [6.45, 7) is 5.09. The first-order valence-electron chi connectivity index (χ1n) is 9.27. The number of hydrogen-bond acceptors (Lipinski definition) is 2. The molecular formula is C24H27NO. The summed E-state index contributed by atoms with van der Waals surface area (Å²) in [5.74, 6) is 0. The molecule has 2 nitrogen and oxygen atoms in total. The van der Waals surface area contributed by atoms with Crippen LogP contribution >= 0.6 is 0 Å². The fourth-order valence-electron chi connectivity index (χ4n) is 3.40. The van der Waals surface area contributed by atoms with Crippen LogP contribution in [-0.4, -0.2) is 24.3 Å². The number of aliphatic hydroxyl groups excluding tert-OH is 1. The van der Waals surface area contributed by atoms with E-state index in [2.05, 4.69) is 78.3 Å². The van der Waals surface area contributed by atoms with Crippen molar-refractivity contribution in [3.8, 4) is 0 Å². The van der Waals surface area contributed by atoms with Gasteiger partial charge in [0.1, 0.15) is 0 Å². The monoisotopic (exact) mass is 345 g/mol. The highest BCUT2D eigenvalue weighted by Gasteiger charge is 2.30. The van der Waals surface area contributed by atoms with Crippen LogP contribution < -0.4 is 4.90 Å². The third kappa shape index (κ3) is 4.53. The lowest BCUT2D eigenvalue weighted by molar-refractivity contribution is 0.310. The number of anilines is 1. The zero-order valence-corrected chi connectivity index (χ0v) is 15.2. The Bertz CT molecular complexity index is 765. The normalized spacial score (nSPS) is 20.4. The molecule has 0 spiro atoms. The van der Waals surface area contributed by atoms with Gasteiger partial charge in [-0.3, -0.25) is 0 Å². The van der Waals surface area contributed by atoms with Crippen molar-refractivity contribution in [1.82, 2.24) is 0 Å². The highest BCUT2D eigenvalue weighted by molar-refractivity contribution is 5.52. The van der Waals surface area contributed by atoms with E-state index in [1.807, 2.05) is 12.1 Å². The lowest BCUT2D eigenvalue weighted by Crippen LogP contribution is -2.49. The van der Waals surface area contributed by atoms with E-state index < -0.39 is 0 Å². The number of rotatable bonds is 7. The number of aliphatic hydroxyl groups is 1. The maximum atomic E-state index is 9.89. The van der Waals surface area contributed by atoms with Gasteiger partial charge in [0.05, 0.1) is 12.6 Å². The first-order valence-corrected chi connectivity index (χ1v) is 9.27. The van der Waals surface area contributed by atoms with Gasteiger partial charge in [-0.05, 0) is 42.5 Å². The van der Waals surface area contributed by atoms with E-state index in [9.17, 15) is 5.11 Å². The largest absolute Gasteiger partial charge is 0.392 e. The highest BCUT2D eigenvalue weighted by Crippen LogP contribution is 2.30. The van der Waals surface area contributed by atoms with Gasteiger partial charge in [-0.2, -0.15) is 0 Å². The predicted molar refractivity (Wildman–Crippen MR) is 111 cm³/mol. The summed E-state index contributed by atoms with van der Waals surface area (Å²) >= 11 is 0. The Morgan fingerprint density at radius 1 is 1.15 bits per heavy atom. The van der Waals surface area contributed by atoms with E-state index in [0.29, 0.717) is 0 Å². The fraction of sp³-hybridized carbons (Fsp3) is 0.250. The van der Waals surface area contributed by atoms with Crippen LogP contribution in [0.15, 0.2) is 102 Å². The standard InChI is InChI=1S/C24H27NO/c1-2-20(18-21-10-6-3-4-7-11-21)14-15-22(19-26)24-16-17-25(24)23-12-8-5-9-13-23/h2-10,12-15,24,26H,1,11,16-19H2/b20-14+,22-15+. The van der Waals surface area contributed by atoms with Gasteiger partial charge >= 0.3 is 0 Å². The molecule has 0 amide bonds. The molecule has 2 heteroatoms. The molecule has 26 heavy (non-hydrogen) atoms. The van der Waals surface area contributed by atoms with E-state index >= 15 is 0 Å². The van der Waals surface area contributed by atoms with Gasteiger partial charge in [-0.1, -0.05) is 79.0 Å². The summed E-state index contributed by atoms with van der Waals surface area (Å²) in [7, 11) is 0. The molecule has 0 bridgehead atoms. The van der Waals surface area contributed by atoms with Gasteiger partial charge in [0, 0.05) is 12.2 Å². The Balaban J connectivity index is 1.72. The first kappa shape index (κ1) is 18.2. The molecule has 1 fully saturated rings.